The van der Waals surface area contributed by atoms with Crippen LogP contribution in [0.15, 0.2) is 22.9 Å². The van der Waals surface area contributed by atoms with Crippen molar-refractivity contribution in [3.05, 3.63) is 41.6 Å². The van der Waals surface area contributed by atoms with Crippen molar-refractivity contribution in [2.75, 3.05) is 31.1 Å². The molecule has 116 valence electrons. The van der Waals surface area contributed by atoms with Crippen molar-refractivity contribution in [2.24, 2.45) is 0 Å². The van der Waals surface area contributed by atoms with Crippen molar-refractivity contribution in [3.63, 3.8) is 0 Å². The average Bonchev–Trinajstić information content (AvgIpc) is 2.85. The van der Waals surface area contributed by atoms with Gasteiger partial charge in [-0.1, -0.05) is 0 Å². The maximum Gasteiger partial charge on any atom is 0.276 e. The molecule has 0 saturated carbocycles. The Morgan fingerprint density at radius 3 is 2.55 bits per heavy atom. The third kappa shape index (κ3) is 2.79. The van der Waals surface area contributed by atoms with Crippen LogP contribution in [0.5, 0.6) is 0 Å². The highest BCUT2D eigenvalue weighted by molar-refractivity contribution is 5.93. The molecule has 1 aliphatic rings. The zero-order chi connectivity index (χ0) is 15.7. The lowest BCUT2D eigenvalue weighted by Gasteiger charge is -2.35. The summed E-state index contributed by atoms with van der Waals surface area (Å²) in [4.78, 5) is 24.2. The van der Waals surface area contributed by atoms with Crippen molar-refractivity contribution in [2.45, 2.75) is 13.8 Å². The van der Waals surface area contributed by atoms with E-state index in [2.05, 4.69) is 9.97 Å². The number of hydrogen-bond acceptors (Lipinski definition) is 5. The number of rotatable bonds is 2. The van der Waals surface area contributed by atoms with E-state index in [-0.39, 0.29) is 11.7 Å². The number of halogens is 1. The van der Waals surface area contributed by atoms with Gasteiger partial charge in [0.15, 0.2) is 11.6 Å². The summed E-state index contributed by atoms with van der Waals surface area (Å²) in [6.07, 6.45) is 2.81. The van der Waals surface area contributed by atoms with E-state index in [9.17, 15) is 9.18 Å². The molecule has 0 N–H and O–H groups in total. The molecule has 1 fully saturated rings. The van der Waals surface area contributed by atoms with E-state index in [1.54, 1.807) is 24.9 Å². The van der Waals surface area contributed by atoms with Gasteiger partial charge in [-0.3, -0.25) is 9.78 Å². The lowest BCUT2D eigenvalue weighted by molar-refractivity contribution is 0.0739. The minimum Gasteiger partial charge on any atom is -0.445 e. The molecule has 1 aliphatic heterocycles. The number of aryl methyl sites for hydroxylation is 2. The Kier molecular flexibility index (Phi) is 3.79. The molecule has 1 amide bonds. The number of amides is 1. The molecular formula is C15H17FN4O2. The first-order chi connectivity index (χ1) is 10.5. The summed E-state index contributed by atoms with van der Waals surface area (Å²) in [5.41, 5.74) is 1.11. The Morgan fingerprint density at radius 1 is 1.23 bits per heavy atom. The molecule has 2 aromatic rings. The van der Waals surface area contributed by atoms with Gasteiger partial charge in [0, 0.05) is 39.2 Å². The average molecular weight is 304 g/mol. The van der Waals surface area contributed by atoms with Gasteiger partial charge in [-0.15, -0.1) is 0 Å². The third-order valence-corrected chi connectivity index (χ3v) is 3.73. The number of aromatic nitrogens is 2. The lowest BCUT2D eigenvalue weighted by atomic mass is 10.2. The van der Waals surface area contributed by atoms with Crippen molar-refractivity contribution < 1.29 is 13.6 Å². The number of anilines is 1. The minimum absolute atomic E-state index is 0.119. The van der Waals surface area contributed by atoms with Gasteiger partial charge in [0.05, 0.1) is 18.1 Å². The zero-order valence-corrected chi connectivity index (χ0v) is 12.5. The molecule has 0 aromatic carbocycles. The summed E-state index contributed by atoms with van der Waals surface area (Å²) in [7, 11) is 0. The van der Waals surface area contributed by atoms with Gasteiger partial charge in [0.25, 0.3) is 5.91 Å². The quantitative estimate of drug-likeness (QED) is 0.846. The van der Waals surface area contributed by atoms with Gasteiger partial charge in [0.2, 0.25) is 0 Å². The van der Waals surface area contributed by atoms with Crippen LogP contribution in [0.1, 0.15) is 22.1 Å². The van der Waals surface area contributed by atoms with E-state index in [0.29, 0.717) is 43.5 Å². The lowest BCUT2D eigenvalue weighted by Crippen LogP contribution is -2.49. The maximum absolute atomic E-state index is 13.2. The fourth-order valence-corrected chi connectivity index (χ4v) is 2.62. The van der Waals surface area contributed by atoms with Crippen molar-refractivity contribution in [1.29, 1.82) is 0 Å². The predicted octanol–water partition coefficient (Wildman–Crippen LogP) is 1.79. The van der Waals surface area contributed by atoms with Crippen molar-refractivity contribution in [3.8, 4) is 0 Å². The highest BCUT2D eigenvalue weighted by Gasteiger charge is 2.26. The molecule has 7 heteroatoms. The highest BCUT2D eigenvalue weighted by Crippen LogP contribution is 2.18. The summed E-state index contributed by atoms with van der Waals surface area (Å²) in [6.45, 7) is 5.83. The van der Waals surface area contributed by atoms with Crippen LogP contribution in [-0.4, -0.2) is 47.0 Å². The van der Waals surface area contributed by atoms with E-state index in [4.69, 9.17) is 4.42 Å². The van der Waals surface area contributed by atoms with Crippen LogP contribution in [0.25, 0.3) is 0 Å². The Labute approximate surface area is 127 Å². The minimum atomic E-state index is -0.357. The Hall–Kier alpha value is -2.44. The fourth-order valence-electron chi connectivity index (χ4n) is 2.62. The van der Waals surface area contributed by atoms with Gasteiger partial charge in [-0.2, -0.15) is 0 Å². The van der Waals surface area contributed by atoms with Crippen LogP contribution in [0.3, 0.4) is 0 Å². The molecule has 2 aromatic heterocycles. The highest BCUT2D eigenvalue weighted by atomic mass is 19.1. The number of pyridine rings is 1. The summed E-state index contributed by atoms with van der Waals surface area (Å²) in [6, 6.07) is 1.45. The first-order valence-corrected chi connectivity index (χ1v) is 7.13. The summed E-state index contributed by atoms with van der Waals surface area (Å²) in [5.74, 6) is 0.556. The zero-order valence-electron chi connectivity index (χ0n) is 12.5. The third-order valence-electron chi connectivity index (χ3n) is 3.73. The number of nitrogens with zero attached hydrogens (tertiary/aromatic N) is 4. The number of hydrogen-bond donors (Lipinski definition) is 0. The molecule has 3 heterocycles. The summed E-state index contributed by atoms with van der Waals surface area (Å²) in [5, 5.41) is 0. The summed E-state index contributed by atoms with van der Waals surface area (Å²) >= 11 is 0. The van der Waals surface area contributed by atoms with Gasteiger partial charge in [0.1, 0.15) is 11.6 Å². The Morgan fingerprint density at radius 2 is 1.95 bits per heavy atom. The SMILES string of the molecule is Cc1nc(C(=O)N2CCN(c3cncc(F)c3)CC2)c(C)o1. The number of carbonyl (C=O) groups excluding carboxylic acids is 1. The molecular weight excluding hydrogens is 287 g/mol. The molecule has 0 aliphatic carbocycles. The number of carbonyl (C=O) groups is 1. The maximum atomic E-state index is 13.2. The van der Waals surface area contributed by atoms with E-state index in [0.717, 1.165) is 5.69 Å². The van der Waals surface area contributed by atoms with Gasteiger partial charge >= 0.3 is 0 Å². The van der Waals surface area contributed by atoms with Crippen LogP contribution in [0.2, 0.25) is 0 Å². The summed E-state index contributed by atoms with van der Waals surface area (Å²) < 4.78 is 18.5. The molecule has 0 radical (unpaired) electrons. The van der Waals surface area contributed by atoms with E-state index in [1.807, 2.05) is 4.90 Å². The fraction of sp³-hybridized carbons (Fsp3) is 0.400. The normalized spacial score (nSPS) is 15.2. The smallest absolute Gasteiger partial charge is 0.276 e. The largest absolute Gasteiger partial charge is 0.445 e. The van der Waals surface area contributed by atoms with Gasteiger partial charge < -0.3 is 14.2 Å². The molecule has 1 saturated heterocycles. The standard InChI is InChI=1S/C15H17FN4O2/c1-10-14(18-11(2)22-10)15(21)20-5-3-19(4-6-20)13-7-12(16)8-17-9-13/h7-9H,3-6H2,1-2H3. The topological polar surface area (TPSA) is 62.5 Å². The second kappa shape index (κ2) is 5.75. The first kappa shape index (κ1) is 14.5. The van der Waals surface area contributed by atoms with E-state index < -0.39 is 0 Å². The molecule has 0 unspecified atom stereocenters. The molecule has 0 spiro atoms. The first-order valence-electron chi connectivity index (χ1n) is 7.13. The van der Waals surface area contributed by atoms with Gasteiger partial charge in [-0.05, 0) is 6.92 Å². The monoisotopic (exact) mass is 304 g/mol. The molecule has 3 rings (SSSR count). The Balaban J connectivity index is 1.67. The van der Waals surface area contributed by atoms with Crippen LogP contribution in [0, 0.1) is 19.7 Å². The van der Waals surface area contributed by atoms with Crippen molar-refractivity contribution >= 4 is 11.6 Å². The van der Waals surface area contributed by atoms with Crippen LogP contribution in [-0.2, 0) is 0 Å². The van der Waals surface area contributed by atoms with Crippen LogP contribution in [0.4, 0.5) is 10.1 Å². The van der Waals surface area contributed by atoms with Crippen molar-refractivity contribution in [1.82, 2.24) is 14.9 Å². The van der Waals surface area contributed by atoms with E-state index >= 15 is 0 Å². The molecule has 22 heavy (non-hydrogen) atoms. The van der Waals surface area contributed by atoms with Gasteiger partial charge in [-0.25, -0.2) is 9.37 Å². The number of oxazole rings is 1. The second-order valence-electron chi connectivity index (χ2n) is 5.28. The molecule has 6 nitrogen and oxygen atoms in total. The second-order valence-corrected chi connectivity index (χ2v) is 5.28. The molecule has 0 atom stereocenters. The Bertz CT molecular complexity index is 693. The number of piperazine rings is 1. The molecule has 0 bridgehead atoms. The van der Waals surface area contributed by atoms with Crippen LogP contribution >= 0.6 is 0 Å². The van der Waals surface area contributed by atoms with Crippen LogP contribution < -0.4 is 4.90 Å². The van der Waals surface area contributed by atoms with E-state index in [1.165, 1.54) is 12.3 Å². The predicted molar refractivity (Wildman–Crippen MR) is 78.3 cm³/mol.